The number of allylic oxidation sites excluding steroid dienone is 2. The average Bonchev–Trinajstić information content (AvgIpc) is 1.88. The lowest BCUT2D eigenvalue weighted by atomic mass is 9.95. The van der Waals surface area contributed by atoms with E-state index in [1.807, 2.05) is 0 Å². The van der Waals surface area contributed by atoms with E-state index in [0.29, 0.717) is 12.8 Å². The molecule has 1 N–H and O–H groups in total. The fourth-order valence-corrected chi connectivity index (χ4v) is 1.05. The van der Waals surface area contributed by atoms with Gasteiger partial charge >= 0.3 is 0 Å². The van der Waals surface area contributed by atoms with Crippen LogP contribution in [-0.2, 0) is 0 Å². The second kappa shape index (κ2) is 4.58. The van der Waals surface area contributed by atoms with E-state index in [0.717, 1.165) is 0 Å². The largest absolute Gasteiger partial charge is 0.391 e. The van der Waals surface area contributed by atoms with E-state index in [1.165, 1.54) is 0 Å². The Labute approximate surface area is 73.4 Å². The highest BCUT2D eigenvalue weighted by atomic mass is 35.5. The van der Waals surface area contributed by atoms with Crippen molar-refractivity contribution >= 4 is 11.6 Å². The fourth-order valence-electron chi connectivity index (χ4n) is 0.835. The van der Waals surface area contributed by atoms with Gasteiger partial charge in [-0.15, -0.1) is 24.8 Å². The quantitative estimate of drug-likeness (QED) is 0.500. The topological polar surface area (TPSA) is 20.2 Å². The molecule has 1 atom stereocenters. The Morgan fingerprint density at radius 3 is 1.91 bits per heavy atom. The van der Waals surface area contributed by atoms with Gasteiger partial charge in [0, 0.05) is 0 Å². The lowest BCUT2D eigenvalue weighted by molar-refractivity contribution is 0.168. The van der Waals surface area contributed by atoms with Gasteiger partial charge < -0.3 is 5.11 Å². The summed E-state index contributed by atoms with van der Waals surface area (Å²) in [4.78, 5) is -0.719. The van der Waals surface area contributed by atoms with Crippen molar-refractivity contribution in [3.8, 4) is 0 Å². The zero-order valence-electron chi connectivity index (χ0n) is 6.59. The van der Waals surface area contributed by atoms with E-state index in [2.05, 4.69) is 20.1 Å². The maximum atomic E-state index is 9.20. The zero-order valence-corrected chi connectivity index (χ0v) is 7.35. The predicted molar refractivity (Wildman–Crippen MR) is 49.6 cm³/mol. The monoisotopic (exact) mass is 173 g/mol. The third-order valence-electron chi connectivity index (χ3n) is 1.56. The molecule has 0 aromatic carbocycles. The zero-order chi connectivity index (χ0) is 8.91. The van der Waals surface area contributed by atoms with E-state index in [1.54, 1.807) is 12.2 Å². The van der Waals surface area contributed by atoms with E-state index in [4.69, 9.17) is 11.6 Å². The summed E-state index contributed by atoms with van der Waals surface area (Å²) in [6.07, 6.45) is 3.62. The van der Waals surface area contributed by atoms with Crippen LogP contribution in [0.2, 0.25) is 0 Å². The molecule has 0 saturated carbocycles. The molecule has 11 heavy (non-hydrogen) atoms. The standard InChI is InChI=1S/C9H14ClO/c1-4-6-9(10,7-5-2)8(3)11/h4-5,8,11H,1-3,6-7H2. The molecule has 0 aliphatic carbocycles. The van der Waals surface area contributed by atoms with Gasteiger partial charge in [-0.1, -0.05) is 12.2 Å². The van der Waals surface area contributed by atoms with Crippen molar-refractivity contribution in [2.24, 2.45) is 0 Å². The minimum absolute atomic E-state index is 0.533. The summed E-state index contributed by atoms with van der Waals surface area (Å²) in [5, 5.41) is 9.20. The molecule has 0 aromatic heterocycles. The Morgan fingerprint density at radius 1 is 1.36 bits per heavy atom. The summed E-state index contributed by atoms with van der Waals surface area (Å²) in [5.41, 5.74) is 0. The Balaban J connectivity index is 4.23. The second-order valence-electron chi connectivity index (χ2n) is 2.54. The van der Waals surface area contributed by atoms with Gasteiger partial charge in [-0.05, 0) is 19.8 Å². The van der Waals surface area contributed by atoms with E-state index >= 15 is 0 Å². The van der Waals surface area contributed by atoms with Gasteiger partial charge in [-0.25, -0.2) is 0 Å². The summed E-state index contributed by atoms with van der Waals surface area (Å²) in [6.45, 7) is 10.6. The third-order valence-corrected chi connectivity index (χ3v) is 2.13. The van der Waals surface area contributed by atoms with Crippen LogP contribution in [0.1, 0.15) is 12.8 Å². The highest BCUT2D eigenvalue weighted by molar-refractivity contribution is 6.24. The van der Waals surface area contributed by atoms with Crippen LogP contribution < -0.4 is 0 Å². The number of hydrogen-bond donors (Lipinski definition) is 1. The molecule has 1 unspecified atom stereocenters. The van der Waals surface area contributed by atoms with Crippen molar-refractivity contribution in [3.05, 3.63) is 32.2 Å². The Hall–Kier alpha value is -0.270. The molecule has 0 bridgehead atoms. The molecule has 0 heterocycles. The molecule has 1 radical (unpaired) electrons. The van der Waals surface area contributed by atoms with Crippen molar-refractivity contribution in [1.29, 1.82) is 0 Å². The van der Waals surface area contributed by atoms with Gasteiger partial charge in [0.05, 0.1) is 11.0 Å². The van der Waals surface area contributed by atoms with E-state index < -0.39 is 11.0 Å². The van der Waals surface area contributed by atoms with Crippen molar-refractivity contribution in [2.45, 2.75) is 23.8 Å². The highest BCUT2D eigenvalue weighted by Gasteiger charge is 2.29. The SMILES string of the molecule is [CH2]C(O)C(Cl)(CC=C)CC=C. The maximum Gasteiger partial charge on any atom is 0.0773 e. The summed E-state index contributed by atoms with van der Waals surface area (Å²) in [5.74, 6) is 0. The number of halogens is 1. The molecule has 2 heteroatoms. The predicted octanol–water partition coefficient (Wildman–Crippen LogP) is 2.31. The second-order valence-corrected chi connectivity index (χ2v) is 3.29. The molecule has 0 aliphatic heterocycles. The number of hydrogen-bond acceptors (Lipinski definition) is 1. The summed E-state index contributed by atoms with van der Waals surface area (Å²) < 4.78 is 0. The average molecular weight is 174 g/mol. The lowest BCUT2D eigenvalue weighted by Crippen LogP contribution is -2.33. The van der Waals surface area contributed by atoms with Crippen LogP contribution in [0, 0.1) is 6.92 Å². The smallest absolute Gasteiger partial charge is 0.0773 e. The maximum absolute atomic E-state index is 9.20. The van der Waals surface area contributed by atoms with Crippen LogP contribution in [0.15, 0.2) is 25.3 Å². The van der Waals surface area contributed by atoms with Gasteiger partial charge in [0.2, 0.25) is 0 Å². The first-order valence-electron chi connectivity index (χ1n) is 3.48. The summed E-state index contributed by atoms with van der Waals surface area (Å²) in [6, 6.07) is 0. The summed E-state index contributed by atoms with van der Waals surface area (Å²) >= 11 is 6.02. The molecule has 0 aromatic rings. The van der Waals surface area contributed by atoms with Crippen LogP contribution in [0.5, 0.6) is 0 Å². The minimum atomic E-state index is -0.792. The van der Waals surface area contributed by atoms with Crippen molar-refractivity contribution in [3.63, 3.8) is 0 Å². The Morgan fingerprint density at radius 2 is 1.73 bits per heavy atom. The Bertz CT molecular complexity index is 130. The number of rotatable bonds is 5. The number of aliphatic hydroxyl groups excluding tert-OH is 1. The normalized spacial score (nSPS) is 14.1. The van der Waals surface area contributed by atoms with Crippen LogP contribution in [-0.4, -0.2) is 16.1 Å². The first-order chi connectivity index (χ1) is 5.06. The molecule has 0 amide bonds. The van der Waals surface area contributed by atoms with Crippen LogP contribution in [0.4, 0.5) is 0 Å². The van der Waals surface area contributed by atoms with Gasteiger partial charge in [0.1, 0.15) is 0 Å². The molecular weight excluding hydrogens is 160 g/mol. The highest BCUT2D eigenvalue weighted by Crippen LogP contribution is 2.28. The van der Waals surface area contributed by atoms with E-state index in [-0.39, 0.29) is 0 Å². The van der Waals surface area contributed by atoms with E-state index in [9.17, 15) is 5.11 Å². The first-order valence-corrected chi connectivity index (χ1v) is 3.86. The van der Waals surface area contributed by atoms with Crippen molar-refractivity contribution in [2.75, 3.05) is 0 Å². The molecule has 1 nitrogen and oxygen atoms in total. The van der Waals surface area contributed by atoms with Crippen LogP contribution >= 0.6 is 11.6 Å². The number of aliphatic hydroxyl groups is 1. The third kappa shape index (κ3) is 3.08. The summed E-state index contributed by atoms with van der Waals surface area (Å²) in [7, 11) is 0. The van der Waals surface area contributed by atoms with Crippen LogP contribution in [0.3, 0.4) is 0 Å². The molecule has 0 aliphatic rings. The molecule has 0 rings (SSSR count). The Kier molecular flexibility index (Phi) is 4.46. The van der Waals surface area contributed by atoms with Gasteiger partial charge in [0.15, 0.2) is 0 Å². The van der Waals surface area contributed by atoms with Crippen molar-refractivity contribution in [1.82, 2.24) is 0 Å². The van der Waals surface area contributed by atoms with Gasteiger partial charge in [-0.3, -0.25) is 0 Å². The minimum Gasteiger partial charge on any atom is -0.391 e. The molecule has 0 saturated heterocycles. The number of alkyl halides is 1. The fraction of sp³-hybridized carbons (Fsp3) is 0.444. The lowest BCUT2D eigenvalue weighted by Gasteiger charge is -2.27. The van der Waals surface area contributed by atoms with Crippen LogP contribution in [0.25, 0.3) is 0 Å². The van der Waals surface area contributed by atoms with Gasteiger partial charge in [0.25, 0.3) is 0 Å². The first kappa shape index (κ1) is 10.7. The van der Waals surface area contributed by atoms with Crippen molar-refractivity contribution < 1.29 is 5.11 Å². The molecule has 0 spiro atoms. The molecule has 0 fully saturated rings. The molecular formula is C9H14ClO. The van der Waals surface area contributed by atoms with Gasteiger partial charge in [-0.2, -0.15) is 0 Å². The molecule has 63 valence electrons.